The van der Waals surface area contributed by atoms with Crippen LogP contribution in [0.25, 0.3) is 0 Å². The van der Waals surface area contributed by atoms with Gasteiger partial charge in [-0.15, -0.1) is 0 Å². The van der Waals surface area contributed by atoms with Gasteiger partial charge in [0, 0.05) is 5.92 Å². The number of hydrogen-bond donors (Lipinski definition) is 1. The van der Waals surface area contributed by atoms with Crippen molar-refractivity contribution in [2.75, 3.05) is 0 Å². The number of carbonyl (C=O) groups excluding carboxylic acids is 1. The highest BCUT2D eigenvalue weighted by Gasteiger charge is 2.12. The summed E-state index contributed by atoms with van der Waals surface area (Å²) >= 11 is 0. The first-order valence-corrected chi connectivity index (χ1v) is 4.13. The molecule has 0 rings (SSSR count). The minimum absolute atomic E-state index is 0.136. The summed E-state index contributed by atoms with van der Waals surface area (Å²) < 4.78 is 0. The van der Waals surface area contributed by atoms with E-state index in [0.29, 0.717) is 0 Å². The number of hydrogen-bond acceptors (Lipinski definition) is 2. The Morgan fingerprint density at radius 1 is 1.55 bits per heavy atom. The Kier molecular flexibility index (Phi) is 4.34. The number of rotatable bonds is 5. The average Bonchev–Trinajstić information content (AvgIpc) is 1.85. The lowest BCUT2D eigenvalue weighted by molar-refractivity contribution is -0.110. The van der Waals surface area contributed by atoms with Crippen LogP contribution in [0.4, 0.5) is 0 Å². The molecule has 11 heavy (non-hydrogen) atoms. The molecule has 0 bridgehead atoms. The van der Waals surface area contributed by atoms with E-state index < -0.39 is 5.60 Å². The molecule has 0 aromatic heterocycles. The third-order valence-corrected chi connectivity index (χ3v) is 1.68. The van der Waals surface area contributed by atoms with Gasteiger partial charge in [0.2, 0.25) is 0 Å². The maximum atomic E-state index is 10.2. The number of aldehydes is 1. The molecule has 0 aliphatic carbocycles. The molecule has 0 aromatic rings. The van der Waals surface area contributed by atoms with Gasteiger partial charge in [0.1, 0.15) is 6.29 Å². The molecule has 2 heteroatoms. The van der Waals surface area contributed by atoms with Crippen LogP contribution < -0.4 is 0 Å². The lowest BCUT2D eigenvalue weighted by Gasteiger charge is -2.16. The molecule has 0 spiro atoms. The number of aliphatic hydroxyl groups is 1. The summed E-state index contributed by atoms with van der Waals surface area (Å²) in [6, 6.07) is 0. The van der Waals surface area contributed by atoms with Crippen LogP contribution in [0, 0.1) is 5.92 Å². The smallest absolute Gasteiger partial charge is 0.122 e. The molecular weight excluding hydrogens is 140 g/mol. The van der Waals surface area contributed by atoms with Crippen molar-refractivity contribution in [1.29, 1.82) is 0 Å². The van der Waals surface area contributed by atoms with Crippen LogP contribution in [0.15, 0.2) is 0 Å². The Morgan fingerprint density at radius 3 is 2.45 bits per heavy atom. The first-order valence-electron chi connectivity index (χ1n) is 4.13. The maximum Gasteiger partial charge on any atom is 0.122 e. The third-order valence-electron chi connectivity index (χ3n) is 1.68. The van der Waals surface area contributed by atoms with E-state index in [-0.39, 0.29) is 5.92 Å². The molecule has 0 unspecified atom stereocenters. The molecule has 1 atom stereocenters. The molecule has 0 aliphatic heterocycles. The monoisotopic (exact) mass is 158 g/mol. The van der Waals surface area contributed by atoms with Crippen molar-refractivity contribution in [3.05, 3.63) is 0 Å². The van der Waals surface area contributed by atoms with Gasteiger partial charge in [-0.2, -0.15) is 0 Å². The second kappa shape index (κ2) is 4.50. The van der Waals surface area contributed by atoms with Gasteiger partial charge in [-0.3, -0.25) is 0 Å². The van der Waals surface area contributed by atoms with Gasteiger partial charge in [0.05, 0.1) is 5.60 Å². The standard InChI is InChI=1S/C9H18O2/c1-8(7-10)5-4-6-9(2,3)11/h7-8,11H,4-6H2,1-3H3/t8-/m1/s1. The summed E-state index contributed by atoms with van der Waals surface area (Å²) in [5, 5.41) is 9.31. The van der Waals surface area contributed by atoms with Crippen LogP contribution in [0.1, 0.15) is 40.0 Å². The molecule has 0 fully saturated rings. The molecular formula is C9H18O2. The Bertz CT molecular complexity index is 113. The lowest BCUT2D eigenvalue weighted by Crippen LogP contribution is -2.18. The molecule has 0 saturated heterocycles. The summed E-state index contributed by atoms with van der Waals surface area (Å²) in [5.74, 6) is 0.136. The van der Waals surface area contributed by atoms with Crippen LogP contribution in [0.3, 0.4) is 0 Å². The first kappa shape index (κ1) is 10.6. The van der Waals surface area contributed by atoms with Crippen molar-refractivity contribution in [3.63, 3.8) is 0 Å². The topological polar surface area (TPSA) is 37.3 Å². The van der Waals surface area contributed by atoms with E-state index in [1.165, 1.54) is 0 Å². The SMILES string of the molecule is C[C@@H](C=O)CCCC(C)(C)O. The van der Waals surface area contributed by atoms with Gasteiger partial charge < -0.3 is 9.90 Å². The quantitative estimate of drug-likeness (QED) is 0.619. The summed E-state index contributed by atoms with van der Waals surface area (Å²) in [4.78, 5) is 10.2. The Balaban J connectivity index is 3.35. The van der Waals surface area contributed by atoms with E-state index in [2.05, 4.69) is 0 Å². The van der Waals surface area contributed by atoms with Crippen molar-refractivity contribution in [2.24, 2.45) is 5.92 Å². The Morgan fingerprint density at radius 2 is 2.09 bits per heavy atom. The molecule has 0 aliphatic rings. The summed E-state index contributed by atoms with van der Waals surface area (Å²) in [7, 11) is 0. The molecule has 66 valence electrons. The molecule has 0 aromatic carbocycles. The highest BCUT2D eigenvalue weighted by molar-refractivity contribution is 5.52. The van der Waals surface area contributed by atoms with Crippen molar-refractivity contribution >= 4 is 6.29 Å². The van der Waals surface area contributed by atoms with Gasteiger partial charge in [-0.1, -0.05) is 6.92 Å². The molecule has 0 amide bonds. The van der Waals surface area contributed by atoms with Gasteiger partial charge >= 0.3 is 0 Å². The largest absolute Gasteiger partial charge is 0.390 e. The molecule has 0 saturated carbocycles. The highest BCUT2D eigenvalue weighted by atomic mass is 16.3. The minimum Gasteiger partial charge on any atom is -0.390 e. The van der Waals surface area contributed by atoms with Crippen molar-refractivity contribution in [2.45, 2.75) is 45.6 Å². The lowest BCUT2D eigenvalue weighted by atomic mass is 9.98. The van der Waals surface area contributed by atoms with E-state index in [0.717, 1.165) is 25.5 Å². The van der Waals surface area contributed by atoms with Crippen molar-refractivity contribution in [3.8, 4) is 0 Å². The Labute approximate surface area is 68.6 Å². The van der Waals surface area contributed by atoms with Gasteiger partial charge in [-0.05, 0) is 33.1 Å². The van der Waals surface area contributed by atoms with E-state index in [9.17, 15) is 9.90 Å². The van der Waals surface area contributed by atoms with Crippen LogP contribution in [-0.2, 0) is 4.79 Å². The molecule has 2 nitrogen and oxygen atoms in total. The van der Waals surface area contributed by atoms with Gasteiger partial charge in [0.15, 0.2) is 0 Å². The predicted octanol–water partition coefficient (Wildman–Crippen LogP) is 1.76. The molecule has 0 heterocycles. The Hall–Kier alpha value is -0.370. The van der Waals surface area contributed by atoms with E-state index in [4.69, 9.17) is 0 Å². The predicted molar refractivity (Wildman–Crippen MR) is 45.4 cm³/mol. The van der Waals surface area contributed by atoms with Crippen LogP contribution in [0.5, 0.6) is 0 Å². The zero-order valence-electron chi connectivity index (χ0n) is 7.63. The van der Waals surface area contributed by atoms with E-state index >= 15 is 0 Å². The van der Waals surface area contributed by atoms with Crippen molar-refractivity contribution < 1.29 is 9.90 Å². The normalized spacial score (nSPS) is 14.5. The maximum absolute atomic E-state index is 10.2. The van der Waals surface area contributed by atoms with Crippen LogP contribution in [0.2, 0.25) is 0 Å². The zero-order valence-corrected chi connectivity index (χ0v) is 7.63. The summed E-state index contributed by atoms with van der Waals surface area (Å²) in [6.07, 6.45) is 3.53. The fourth-order valence-corrected chi connectivity index (χ4v) is 0.925. The first-order chi connectivity index (χ1) is 4.95. The third kappa shape index (κ3) is 7.53. The van der Waals surface area contributed by atoms with Crippen molar-refractivity contribution in [1.82, 2.24) is 0 Å². The summed E-state index contributed by atoms with van der Waals surface area (Å²) in [5.41, 5.74) is -0.581. The molecule has 0 radical (unpaired) electrons. The zero-order chi connectivity index (χ0) is 8.91. The molecule has 1 N–H and O–H groups in total. The number of carbonyl (C=O) groups is 1. The summed E-state index contributed by atoms with van der Waals surface area (Å²) in [6.45, 7) is 5.48. The average molecular weight is 158 g/mol. The van der Waals surface area contributed by atoms with Gasteiger partial charge in [0.25, 0.3) is 0 Å². The van der Waals surface area contributed by atoms with Crippen LogP contribution in [-0.4, -0.2) is 17.0 Å². The second-order valence-electron chi connectivity index (χ2n) is 3.82. The minimum atomic E-state index is -0.581. The highest BCUT2D eigenvalue weighted by Crippen LogP contribution is 2.14. The van der Waals surface area contributed by atoms with E-state index in [1.54, 1.807) is 13.8 Å². The fourth-order valence-electron chi connectivity index (χ4n) is 0.925. The van der Waals surface area contributed by atoms with E-state index in [1.807, 2.05) is 6.92 Å². The van der Waals surface area contributed by atoms with Crippen LogP contribution >= 0.6 is 0 Å². The van der Waals surface area contributed by atoms with Gasteiger partial charge in [-0.25, -0.2) is 0 Å². The second-order valence-corrected chi connectivity index (χ2v) is 3.82. The fraction of sp³-hybridized carbons (Fsp3) is 0.889.